The standard InChI is InChI=1S/C23H26F3NO6/c1-13(2)21(33-15-8-6-5-7-9-15)14(3)32-22(30)16(23(24,25)26)12-17(28)19-20(29)18(31-4)10-11-27-19/h5-11,13-14,16,21,29H,12H2,1-4H3/t14-,16?,21+/m0/s1. The van der Waals surface area contributed by atoms with Crippen molar-refractivity contribution in [2.24, 2.45) is 11.8 Å². The van der Waals surface area contributed by atoms with Crippen LogP contribution in [-0.4, -0.2) is 47.3 Å². The Hall–Kier alpha value is -3.30. The number of pyridine rings is 1. The number of nitrogens with zero attached hydrogens (tertiary/aromatic N) is 1. The summed E-state index contributed by atoms with van der Waals surface area (Å²) in [5, 5.41) is 10.0. The Morgan fingerprint density at radius 3 is 2.27 bits per heavy atom. The van der Waals surface area contributed by atoms with Crippen molar-refractivity contribution in [3.63, 3.8) is 0 Å². The third kappa shape index (κ3) is 6.84. The topological polar surface area (TPSA) is 95.0 Å². The van der Waals surface area contributed by atoms with Gasteiger partial charge in [-0.2, -0.15) is 13.2 Å². The van der Waals surface area contributed by atoms with Crippen molar-refractivity contribution in [1.82, 2.24) is 4.98 Å². The van der Waals surface area contributed by atoms with Crippen LogP contribution < -0.4 is 9.47 Å². The number of benzene rings is 1. The van der Waals surface area contributed by atoms with Crippen molar-refractivity contribution in [3.05, 3.63) is 48.3 Å². The largest absolute Gasteiger partial charge is 0.503 e. The average Bonchev–Trinajstić information content (AvgIpc) is 2.75. The fourth-order valence-electron chi connectivity index (χ4n) is 3.18. The molecule has 0 bridgehead atoms. The molecule has 0 saturated carbocycles. The van der Waals surface area contributed by atoms with E-state index in [0.717, 1.165) is 6.20 Å². The number of methoxy groups -OCH3 is 1. The van der Waals surface area contributed by atoms with E-state index < -0.39 is 53.9 Å². The molecular weight excluding hydrogens is 443 g/mol. The molecule has 1 N–H and O–H groups in total. The first-order valence-corrected chi connectivity index (χ1v) is 10.2. The van der Waals surface area contributed by atoms with Gasteiger partial charge in [-0.05, 0) is 25.0 Å². The van der Waals surface area contributed by atoms with Gasteiger partial charge in [0.05, 0.1) is 7.11 Å². The first-order valence-electron chi connectivity index (χ1n) is 10.2. The number of ketones is 1. The third-order valence-corrected chi connectivity index (χ3v) is 4.88. The quantitative estimate of drug-likeness (QED) is 0.402. The Bertz CT molecular complexity index is 949. The lowest BCUT2D eigenvalue weighted by Gasteiger charge is -2.29. The molecule has 1 aromatic heterocycles. The summed E-state index contributed by atoms with van der Waals surface area (Å²) in [6, 6.07) is 9.83. The number of alkyl halides is 3. The SMILES string of the molecule is COc1ccnc(C(=O)CC(C(=O)O[C@@H](C)[C@H](Oc2ccccc2)C(C)C)C(F)(F)F)c1O. The molecular formula is C23H26F3NO6. The monoisotopic (exact) mass is 469 g/mol. The zero-order chi connectivity index (χ0) is 24.8. The third-order valence-electron chi connectivity index (χ3n) is 4.88. The van der Waals surface area contributed by atoms with E-state index in [1.165, 1.54) is 20.1 Å². The van der Waals surface area contributed by atoms with Crippen LogP contribution in [0.4, 0.5) is 13.2 Å². The van der Waals surface area contributed by atoms with Crippen molar-refractivity contribution in [2.45, 2.75) is 45.6 Å². The van der Waals surface area contributed by atoms with Gasteiger partial charge < -0.3 is 19.3 Å². The second kappa shape index (κ2) is 11.0. The smallest absolute Gasteiger partial charge is 0.402 e. The molecule has 0 radical (unpaired) electrons. The molecule has 2 aromatic rings. The lowest BCUT2D eigenvalue weighted by Crippen LogP contribution is -2.42. The van der Waals surface area contributed by atoms with Gasteiger partial charge in [0.2, 0.25) is 0 Å². The number of hydrogen-bond acceptors (Lipinski definition) is 7. The molecule has 0 fully saturated rings. The fourth-order valence-corrected chi connectivity index (χ4v) is 3.18. The fraction of sp³-hybridized carbons (Fsp3) is 0.435. The predicted octanol–water partition coefficient (Wildman–Crippen LogP) is 4.58. The summed E-state index contributed by atoms with van der Waals surface area (Å²) >= 11 is 0. The lowest BCUT2D eigenvalue weighted by atomic mass is 9.98. The van der Waals surface area contributed by atoms with E-state index in [4.69, 9.17) is 14.2 Å². The Labute approximate surface area is 189 Å². The summed E-state index contributed by atoms with van der Waals surface area (Å²) in [4.78, 5) is 28.6. The molecule has 10 heteroatoms. The maximum Gasteiger partial charge on any atom is 0.402 e. The number of carbonyl (C=O) groups excluding carboxylic acids is 2. The van der Waals surface area contributed by atoms with E-state index in [-0.39, 0.29) is 11.7 Å². The summed E-state index contributed by atoms with van der Waals surface area (Å²) in [6.07, 6.45) is -7.02. The van der Waals surface area contributed by atoms with E-state index in [1.807, 2.05) is 0 Å². The normalized spacial score (nSPS) is 14.3. The van der Waals surface area contributed by atoms with E-state index in [2.05, 4.69) is 4.98 Å². The molecule has 0 aliphatic carbocycles. The van der Waals surface area contributed by atoms with Gasteiger partial charge in [0, 0.05) is 18.7 Å². The predicted molar refractivity (Wildman–Crippen MR) is 112 cm³/mol. The number of aromatic nitrogens is 1. The number of Topliss-reactive ketones (excluding diaryl/α,β-unsaturated/α-hetero) is 1. The second-order valence-electron chi connectivity index (χ2n) is 7.71. The maximum atomic E-state index is 13.7. The second-order valence-corrected chi connectivity index (χ2v) is 7.71. The molecule has 180 valence electrons. The van der Waals surface area contributed by atoms with Crippen LogP contribution in [0, 0.1) is 11.8 Å². The number of aromatic hydroxyl groups is 1. The lowest BCUT2D eigenvalue weighted by molar-refractivity contribution is -0.202. The van der Waals surface area contributed by atoms with Crippen LogP contribution in [-0.2, 0) is 9.53 Å². The van der Waals surface area contributed by atoms with E-state index in [1.54, 1.807) is 44.2 Å². The molecule has 7 nitrogen and oxygen atoms in total. The van der Waals surface area contributed by atoms with Crippen molar-refractivity contribution in [1.29, 1.82) is 0 Å². The van der Waals surface area contributed by atoms with Crippen LogP contribution in [0.2, 0.25) is 0 Å². The minimum atomic E-state index is -5.06. The van der Waals surface area contributed by atoms with Gasteiger partial charge in [0.15, 0.2) is 28.9 Å². The molecule has 0 aliphatic heterocycles. The highest BCUT2D eigenvalue weighted by Gasteiger charge is 2.48. The van der Waals surface area contributed by atoms with E-state index >= 15 is 0 Å². The van der Waals surface area contributed by atoms with Crippen LogP contribution in [0.3, 0.4) is 0 Å². The molecule has 0 spiro atoms. The van der Waals surface area contributed by atoms with Gasteiger partial charge in [-0.25, -0.2) is 4.98 Å². The Kier molecular flexibility index (Phi) is 8.67. The van der Waals surface area contributed by atoms with Crippen molar-refractivity contribution < 1.29 is 42.1 Å². The zero-order valence-electron chi connectivity index (χ0n) is 18.6. The summed E-state index contributed by atoms with van der Waals surface area (Å²) < 4.78 is 56.7. The van der Waals surface area contributed by atoms with Crippen LogP contribution in [0.5, 0.6) is 17.2 Å². The Morgan fingerprint density at radius 1 is 1.09 bits per heavy atom. The molecule has 33 heavy (non-hydrogen) atoms. The molecule has 0 saturated heterocycles. The summed E-state index contributed by atoms with van der Waals surface area (Å²) in [6.45, 7) is 4.98. The number of carbonyl (C=O) groups is 2. The van der Waals surface area contributed by atoms with Crippen LogP contribution >= 0.6 is 0 Å². The van der Waals surface area contributed by atoms with Crippen LogP contribution in [0.1, 0.15) is 37.7 Å². The minimum Gasteiger partial charge on any atom is -0.503 e. The Balaban J connectivity index is 2.19. The van der Waals surface area contributed by atoms with Crippen molar-refractivity contribution in [2.75, 3.05) is 7.11 Å². The zero-order valence-corrected chi connectivity index (χ0v) is 18.6. The van der Waals surface area contributed by atoms with Gasteiger partial charge in [0.1, 0.15) is 18.0 Å². The number of hydrogen-bond donors (Lipinski definition) is 1. The van der Waals surface area contributed by atoms with Gasteiger partial charge in [-0.3, -0.25) is 9.59 Å². The van der Waals surface area contributed by atoms with Gasteiger partial charge in [0.25, 0.3) is 0 Å². The molecule has 3 atom stereocenters. The highest BCUT2D eigenvalue weighted by Crippen LogP contribution is 2.34. The van der Waals surface area contributed by atoms with Crippen molar-refractivity contribution in [3.8, 4) is 17.2 Å². The molecule has 2 rings (SSSR count). The number of halogens is 3. The average molecular weight is 469 g/mol. The van der Waals surface area contributed by atoms with E-state index in [9.17, 15) is 27.9 Å². The maximum absolute atomic E-state index is 13.7. The number of rotatable bonds is 10. The van der Waals surface area contributed by atoms with E-state index in [0.29, 0.717) is 5.75 Å². The molecule has 0 amide bonds. The molecule has 1 unspecified atom stereocenters. The number of esters is 1. The molecule has 1 heterocycles. The summed E-state index contributed by atoms with van der Waals surface area (Å²) in [5.74, 6) is -6.11. The molecule has 1 aromatic carbocycles. The summed E-state index contributed by atoms with van der Waals surface area (Å²) in [5.41, 5.74) is -0.628. The Morgan fingerprint density at radius 2 is 1.73 bits per heavy atom. The number of para-hydroxylation sites is 1. The van der Waals surface area contributed by atoms with Gasteiger partial charge in [-0.15, -0.1) is 0 Å². The first-order chi connectivity index (χ1) is 15.5. The minimum absolute atomic E-state index is 0.133. The number of ether oxygens (including phenoxy) is 3. The van der Waals surface area contributed by atoms with Gasteiger partial charge >= 0.3 is 12.1 Å². The van der Waals surface area contributed by atoms with Crippen molar-refractivity contribution >= 4 is 11.8 Å². The highest BCUT2D eigenvalue weighted by atomic mass is 19.4. The van der Waals surface area contributed by atoms with Gasteiger partial charge in [-0.1, -0.05) is 32.0 Å². The summed E-state index contributed by atoms with van der Waals surface area (Å²) in [7, 11) is 1.21. The highest BCUT2D eigenvalue weighted by molar-refractivity contribution is 5.99. The van der Waals surface area contributed by atoms with Crippen LogP contribution in [0.25, 0.3) is 0 Å². The first kappa shape index (κ1) is 26.0. The van der Waals surface area contributed by atoms with Crippen LogP contribution in [0.15, 0.2) is 42.6 Å². The molecule has 0 aliphatic rings.